The van der Waals surface area contributed by atoms with Crippen LogP contribution < -0.4 is 0 Å². The van der Waals surface area contributed by atoms with Crippen molar-refractivity contribution >= 4 is 11.3 Å². The standard InChI is InChI=1S/C27H30N2S/c1-19-14-22-15-26-24(9-10-25(28-26)21-11-13-30-18-21)27(16-19)23(22)8-5-12-29(27)17-20-6-3-2-4-7-20/h2-4,6-7,9-11,13,18-19,22-23H,5,8,12,14-17H2,1H3/t19-,22+,23-,27-/m1/s1. The number of likely N-dealkylation sites (tertiary alicyclic amines) is 1. The second kappa shape index (κ2) is 7.32. The molecule has 4 atom stereocenters. The van der Waals surface area contributed by atoms with Gasteiger partial charge in [0.05, 0.1) is 11.2 Å². The fourth-order valence-electron chi connectivity index (χ4n) is 6.98. The van der Waals surface area contributed by atoms with Gasteiger partial charge in [-0.15, -0.1) is 0 Å². The number of rotatable bonds is 3. The van der Waals surface area contributed by atoms with E-state index in [9.17, 15) is 0 Å². The lowest BCUT2D eigenvalue weighted by Crippen LogP contribution is -2.61. The Labute approximate surface area is 184 Å². The van der Waals surface area contributed by atoms with Crippen molar-refractivity contribution in [1.82, 2.24) is 9.88 Å². The van der Waals surface area contributed by atoms with Crippen LogP contribution in [0.2, 0.25) is 0 Å². The number of hydrogen-bond acceptors (Lipinski definition) is 3. The van der Waals surface area contributed by atoms with E-state index >= 15 is 0 Å². The normalized spacial score (nSPS) is 30.5. The monoisotopic (exact) mass is 414 g/mol. The lowest BCUT2D eigenvalue weighted by atomic mass is 9.53. The van der Waals surface area contributed by atoms with Gasteiger partial charge in [0.2, 0.25) is 0 Å². The summed E-state index contributed by atoms with van der Waals surface area (Å²) in [6, 6.07) is 18.0. The van der Waals surface area contributed by atoms with Gasteiger partial charge >= 0.3 is 0 Å². The number of piperidine rings is 1. The number of aromatic nitrogens is 1. The van der Waals surface area contributed by atoms with E-state index in [-0.39, 0.29) is 5.54 Å². The van der Waals surface area contributed by atoms with Crippen LogP contribution in [0.4, 0.5) is 0 Å². The van der Waals surface area contributed by atoms with Crippen molar-refractivity contribution in [3.8, 4) is 11.3 Å². The van der Waals surface area contributed by atoms with Crippen molar-refractivity contribution in [3.05, 3.63) is 76.1 Å². The van der Waals surface area contributed by atoms with Crippen molar-refractivity contribution in [2.75, 3.05) is 6.54 Å². The van der Waals surface area contributed by atoms with Crippen LogP contribution in [0.25, 0.3) is 11.3 Å². The summed E-state index contributed by atoms with van der Waals surface area (Å²) in [5, 5.41) is 4.38. The zero-order valence-electron chi connectivity index (χ0n) is 17.8. The Bertz CT molecular complexity index is 1030. The Balaban J connectivity index is 1.48. The van der Waals surface area contributed by atoms with E-state index in [0.29, 0.717) is 0 Å². The van der Waals surface area contributed by atoms with Gasteiger partial charge in [0.1, 0.15) is 0 Å². The van der Waals surface area contributed by atoms with Crippen molar-refractivity contribution in [2.45, 2.75) is 51.1 Å². The lowest BCUT2D eigenvalue weighted by molar-refractivity contribution is -0.0967. The van der Waals surface area contributed by atoms with Gasteiger partial charge in [0.25, 0.3) is 0 Å². The van der Waals surface area contributed by atoms with Crippen LogP contribution in [0, 0.1) is 17.8 Å². The topological polar surface area (TPSA) is 16.1 Å². The largest absolute Gasteiger partial charge is 0.289 e. The summed E-state index contributed by atoms with van der Waals surface area (Å²) in [6.45, 7) is 4.75. The Kier molecular flexibility index (Phi) is 4.58. The first kappa shape index (κ1) is 18.8. The quantitative estimate of drug-likeness (QED) is 0.485. The minimum Gasteiger partial charge on any atom is -0.289 e. The maximum Gasteiger partial charge on any atom is 0.0713 e. The maximum absolute atomic E-state index is 5.27. The van der Waals surface area contributed by atoms with E-state index in [1.807, 2.05) is 0 Å². The molecule has 3 aliphatic rings. The third-order valence-electron chi connectivity index (χ3n) is 7.98. The molecule has 2 bridgehead atoms. The summed E-state index contributed by atoms with van der Waals surface area (Å²) in [5.41, 5.74) is 6.96. The molecule has 0 unspecified atom stereocenters. The SMILES string of the molecule is C[C@@H]1C[C@H]2Cc3nc(-c4ccsc4)ccc3[C@@]3(C1)[C@@H]2CCCN3Cc1ccccc1. The highest BCUT2D eigenvalue weighted by atomic mass is 32.1. The van der Waals surface area contributed by atoms with Crippen molar-refractivity contribution < 1.29 is 0 Å². The van der Waals surface area contributed by atoms with E-state index < -0.39 is 0 Å². The van der Waals surface area contributed by atoms with Crippen LogP contribution in [0.5, 0.6) is 0 Å². The maximum atomic E-state index is 5.27. The van der Waals surface area contributed by atoms with Gasteiger partial charge in [-0.25, -0.2) is 0 Å². The number of nitrogens with zero attached hydrogens (tertiary/aromatic N) is 2. The third kappa shape index (κ3) is 2.90. The van der Waals surface area contributed by atoms with E-state index in [1.54, 1.807) is 16.9 Å². The van der Waals surface area contributed by atoms with Crippen LogP contribution in [-0.2, 0) is 18.5 Å². The molecule has 1 aliphatic heterocycles. The third-order valence-corrected chi connectivity index (χ3v) is 8.67. The summed E-state index contributed by atoms with van der Waals surface area (Å²) < 4.78 is 0. The Morgan fingerprint density at radius 1 is 1.13 bits per heavy atom. The average Bonchev–Trinajstić information content (AvgIpc) is 3.29. The van der Waals surface area contributed by atoms with E-state index in [0.717, 1.165) is 30.0 Å². The Hall–Kier alpha value is -1.97. The molecule has 0 spiro atoms. The second-order valence-electron chi connectivity index (χ2n) is 9.79. The predicted molar refractivity (Wildman–Crippen MR) is 124 cm³/mol. The molecule has 0 amide bonds. The first-order chi connectivity index (χ1) is 14.7. The first-order valence-corrected chi connectivity index (χ1v) is 12.5. The molecule has 0 N–H and O–H groups in total. The fourth-order valence-corrected chi connectivity index (χ4v) is 7.63. The van der Waals surface area contributed by atoms with Crippen LogP contribution in [0.3, 0.4) is 0 Å². The zero-order valence-corrected chi connectivity index (χ0v) is 18.6. The minimum atomic E-state index is 0.171. The van der Waals surface area contributed by atoms with Gasteiger partial charge < -0.3 is 0 Å². The van der Waals surface area contributed by atoms with Crippen molar-refractivity contribution in [3.63, 3.8) is 0 Å². The Morgan fingerprint density at radius 2 is 2.03 bits per heavy atom. The number of pyridine rings is 1. The van der Waals surface area contributed by atoms with Gasteiger partial charge in [-0.1, -0.05) is 43.3 Å². The highest BCUT2D eigenvalue weighted by molar-refractivity contribution is 7.08. The molecular weight excluding hydrogens is 384 g/mol. The van der Waals surface area contributed by atoms with E-state index in [2.05, 4.69) is 71.1 Å². The van der Waals surface area contributed by atoms with Crippen LogP contribution in [-0.4, -0.2) is 16.4 Å². The molecule has 3 aromatic rings. The lowest BCUT2D eigenvalue weighted by Gasteiger charge is -2.61. The molecule has 1 saturated heterocycles. The molecule has 30 heavy (non-hydrogen) atoms. The first-order valence-electron chi connectivity index (χ1n) is 11.6. The van der Waals surface area contributed by atoms with Crippen LogP contribution in [0.15, 0.2) is 59.3 Å². The van der Waals surface area contributed by atoms with Crippen LogP contribution in [0.1, 0.15) is 49.4 Å². The van der Waals surface area contributed by atoms with Gasteiger partial charge in [0, 0.05) is 23.2 Å². The zero-order chi connectivity index (χ0) is 20.1. The molecule has 2 fully saturated rings. The van der Waals surface area contributed by atoms with Gasteiger partial charge in [-0.05, 0) is 85.0 Å². The summed E-state index contributed by atoms with van der Waals surface area (Å²) in [7, 11) is 0. The summed E-state index contributed by atoms with van der Waals surface area (Å²) in [6.07, 6.45) is 6.54. The molecule has 1 aromatic carbocycles. The average molecular weight is 415 g/mol. The summed E-state index contributed by atoms with van der Waals surface area (Å²) in [4.78, 5) is 8.12. The molecule has 6 rings (SSSR count). The molecule has 2 aromatic heterocycles. The second-order valence-corrected chi connectivity index (χ2v) is 10.6. The summed E-state index contributed by atoms with van der Waals surface area (Å²) >= 11 is 1.76. The van der Waals surface area contributed by atoms with Crippen LogP contribution >= 0.6 is 11.3 Å². The Morgan fingerprint density at radius 3 is 2.87 bits per heavy atom. The predicted octanol–water partition coefficient (Wildman–Crippen LogP) is 6.52. The molecular formula is C27H30N2S. The van der Waals surface area contributed by atoms with Gasteiger partial charge in [-0.2, -0.15) is 11.3 Å². The molecule has 2 nitrogen and oxygen atoms in total. The van der Waals surface area contributed by atoms with Crippen molar-refractivity contribution in [1.29, 1.82) is 0 Å². The van der Waals surface area contributed by atoms with Gasteiger partial charge in [-0.3, -0.25) is 9.88 Å². The van der Waals surface area contributed by atoms with E-state index in [4.69, 9.17) is 4.98 Å². The summed E-state index contributed by atoms with van der Waals surface area (Å²) in [5.74, 6) is 2.35. The molecule has 3 heterocycles. The van der Waals surface area contributed by atoms with Gasteiger partial charge in [0.15, 0.2) is 0 Å². The molecule has 0 radical (unpaired) electrons. The number of fused-ring (bicyclic) bond motifs is 1. The van der Waals surface area contributed by atoms with E-state index in [1.165, 1.54) is 55.5 Å². The smallest absolute Gasteiger partial charge is 0.0713 e. The fraction of sp³-hybridized carbons (Fsp3) is 0.444. The van der Waals surface area contributed by atoms with Crippen molar-refractivity contribution in [2.24, 2.45) is 17.8 Å². The minimum absolute atomic E-state index is 0.171. The number of benzene rings is 1. The highest BCUT2D eigenvalue weighted by Crippen LogP contribution is 2.59. The number of hydrogen-bond donors (Lipinski definition) is 0. The molecule has 3 heteroatoms. The molecule has 2 aliphatic carbocycles. The molecule has 154 valence electrons. The molecule has 1 saturated carbocycles. The number of thiophene rings is 1. The highest BCUT2D eigenvalue weighted by Gasteiger charge is 2.57.